The zero-order valence-electron chi connectivity index (χ0n) is 20.2. The SMILES string of the molecule is CC[C@@H](C)C(=O)N[C@H](C(=O)N1CCc2cc(F)ccc2[C@@H]1C(=O)Nc1c(F)cccc1F)C(C)C. The molecule has 2 aromatic rings. The maximum Gasteiger partial charge on any atom is 0.251 e. The van der Waals surface area contributed by atoms with Gasteiger partial charge in [-0.05, 0) is 54.2 Å². The van der Waals surface area contributed by atoms with Crippen molar-refractivity contribution in [2.24, 2.45) is 11.8 Å². The van der Waals surface area contributed by atoms with Crippen molar-refractivity contribution in [1.82, 2.24) is 10.2 Å². The predicted molar refractivity (Wildman–Crippen MR) is 126 cm³/mol. The van der Waals surface area contributed by atoms with Crippen molar-refractivity contribution in [2.45, 2.75) is 52.6 Å². The fraction of sp³-hybridized carbons (Fsp3) is 0.423. The number of fused-ring (bicyclic) bond motifs is 1. The van der Waals surface area contributed by atoms with Crippen LogP contribution in [0, 0.1) is 29.3 Å². The van der Waals surface area contributed by atoms with Crippen LogP contribution in [0.2, 0.25) is 0 Å². The summed E-state index contributed by atoms with van der Waals surface area (Å²) in [6.07, 6.45) is 0.869. The molecule has 0 aliphatic carbocycles. The molecule has 1 heterocycles. The van der Waals surface area contributed by atoms with E-state index in [-0.39, 0.29) is 30.7 Å². The molecule has 3 atom stereocenters. The van der Waals surface area contributed by atoms with Crippen molar-refractivity contribution in [1.29, 1.82) is 0 Å². The minimum Gasteiger partial charge on any atom is -0.344 e. The lowest BCUT2D eigenvalue weighted by molar-refractivity contribution is -0.144. The summed E-state index contributed by atoms with van der Waals surface area (Å²) in [4.78, 5) is 40.9. The van der Waals surface area contributed by atoms with Crippen LogP contribution in [-0.2, 0) is 20.8 Å². The van der Waals surface area contributed by atoms with Gasteiger partial charge in [-0.1, -0.05) is 39.8 Å². The molecule has 0 unspecified atom stereocenters. The first-order valence-electron chi connectivity index (χ1n) is 11.7. The van der Waals surface area contributed by atoms with Gasteiger partial charge in [0.25, 0.3) is 5.91 Å². The Morgan fingerprint density at radius 2 is 1.71 bits per heavy atom. The summed E-state index contributed by atoms with van der Waals surface area (Å²) in [6.45, 7) is 7.23. The molecule has 35 heavy (non-hydrogen) atoms. The molecule has 0 bridgehead atoms. The third-order valence-electron chi connectivity index (χ3n) is 6.37. The van der Waals surface area contributed by atoms with E-state index in [1.54, 1.807) is 20.8 Å². The average molecular weight is 490 g/mol. The fourth-order valence-electron chi connectivity index (χ4n) is 4.10. The summed E-state index contributed by atoms with van der Waals surface area (Å²) in [5.74, 6) is -4.65. The van der Waals surface area contributed by atoms with E-state index in [1.807, 2.05) is 6.92 Å². The van der Waals surface area contributed by atoms with Crippen molar-refractivity contribution < 1.29 is 27.6 Å². The van der Waals surface area contributed by atoms with Gasteiger partial charge in [0.1, 0.15) is 35.2 Å². The first-order valence-corrected chi connectivity index (χ1v) is 11.7. The van der Waals surface area contributed by atoms with Crippen LogP contribution < -0.4 is 10.6 Å². The Hall–Kier alpha value is -3.36. The highest BCUT2D eigenvalue weighted by Crippen LogP contribution is 2.33. The lowest BCUT2D eigenvalue weighted by Gasteiger charge is -2.39. The van der Waals surface area contributed by atoms with Gasteiger partial charge in [-0.2, -0.15) is 0 Å². The first-order chi connectivity index (χ1) is 16.5. The van der Waals surface area contributed by atoms with E-state index in [4.69, 9.17) is 0 Å². The van der Waals surface area contributed by atoms with Crippen LogP contribution in [0.1, 0.15) is 51.3 Å². The van der Waals surface area contributed by atoms with E-state index in [0.29, 0.717) is 17.5 Å². The number of hydrogen-bond donors (Lipinski definition) is 2. The number of rotatable bonds is 7. The van der Waals surface area contributed by atoms with Gasteiger partial charge >= 0.3 is 0 Å². The highest BCUT2D eigenvalue weighted by atomic mass is 19.1. The summed E-state index contributed by atoms with van der Waals surface area (Å²) < 4.78 is 42.4. The highest BCUT2D eigenvalue weighted by Gasteiger charge is 2.40. The van der Waals surface area contributed by atoms with Gasteiger partial charge in [0.2, 0.25) is 11.8 Å². The number of para-hydroxylation sites is 1. The highest BCUT2D eigenvalue weighted by molar-refractivity contribution is 5.99. The maximum atomic E-state index is 14.2. The molecule has 1 aliphatic heterocycles. The summed E-state index contributed by atoms with van der Waals surface area (Å²) in [5.41, 5.74) is 0.244. The van der Waals surface area contributed by atoms with E-state index in [2.05, 4.69) is 10.6 Å². The zero-order valence-corrected chi connectivity index (χ0v) is 20.2. The maximum absolute atomic E-state index is 14.2. The van der Waals surface area contributed by atoms with Gasteiger partial charge in [0.05, 0.1) is 0 Å². The molecule has 2 aromatic carbocycles. The third kappa shape index (κ3) is 5.66. The van der Waals surface area contributed by atoms with Crippen molar-refractivity contribution in [3.05, 3.63) is 65.0 Å². The van der Waals surface area contributed by atoms with E-state index in [9.17, 15) is 27.6 Å². The smallest absolute Gasteiger partial charge is 0.251 e. The first kappa shape index (κ1) is 26.2. The van der Waals surface area contributed by atoms with Crippen LogP contribution in [0.4, 0.5) is 18.9 Å². The Kier molecular flexibility index (Phi) is 8.19. The topological polar surface area (TPSA) is 78.5 Å². The third-order valence-corrected chi connectivity index (χ3v) is 6.37. The Balaban J connectivity index is 2.00. The van der Waals surface area contributed by atoms with Gasteiger partial charge in [-0.15, -0.1) is 0 Å². The molecule has 2 N–H and O–H groups in total. The molecule has 188 valence electrons. The number of benzene rings is 2. The second-order valence-electron chi connectivity index (χ2n) is 9.15. The van der Waals surface area contributed by atoms with Gasteiger partial charge in [0, 0.05) is 12.5 Å². The van der Waals surface area contributed by atoms with Crippen LogP contribution in [-0.4, -0.2) is 35.2 Å². The molecule has 0 aromatic heterocycles. The fourth-order valence-corrected chi connectivity index (χ4v) is 4.10. The number of nitrogens with zero attached hydrogens (tertiary/aromatic N) is 1. The number of anilines is 1. The lowest BCUT2D eigenvalue weighted by atomic mass is 9.90. The number of amides is 3. The Morgan fingerprint density at radius 3 is 2.31 bits per heavy atom. The molecule has 0 radical (unpaired) electrons. The standard InChI is InChI=1S/C26H30F3N3O3/c1-5-15(4)24(33)30-21(14(2)3)26(35)32-12-11-16-13-17(27)9-10-18(16)23(32)25(34)31-22-19(28)7-6-8-20(22)29/h6-10,13-15,21,23H,5,11-12H2,1-4H3,(H,30,33)(H,31,34)/t15-,21+,23-/m1/s1. The Labute approximate surface area is 202 Å². The Morgan fingerprint density at radius 1 is 1.06 bits per heavy atom. The van der Waals surface area contributed by atoms with E-state index >= 15 is 0 Å². The van der Waals surface area contributed by atoms with E-state index < -0.39 is 47.0 Å². The lowest BCUT2D eigenvalue weighted by Crippen LogP contribution is -2.56. The largest absolute Gasteiger partial charge is 0.344 e. The van der Waals surface area contributed by atoms with Crippen molar-refractivity contribution in [3.8, 4) is 0 Å². The van der Waals surface area contributed by atoms with Gasteiger partial charge in [-0.25, -0.2) is 13.2 Å². The van der Waals surface area contributed by atoms with Crippen LogP contribution in [0.3, 0.4) is 0 Å². The van der Waals surface area contributed by atoms with Crippen molar-refractivity contribution >= 4 is 23.4 Å². The van der Waals surface area contributed by atoms with Crippen LogP contribution >= 0.6 is 0 Å². The average Bonchev–Trinajstić information content (AvgIpc) is 2.82. The van der Waals surface area contributed by atoms with Gasteiger partial charge in [0.15, 0.2) is 0 Å². The molecule has 0 saturated heterocycles. The zero-order chi connectivity index (χ0) is 25.9. The predicted octanol–water partition coefficient (Wildman–Crippen LogP) is 4.36. The normalized spacial score (nSPS) is 16.9. The van der Waals surface area contributed by atoms with Crippen LogP contribution in [0.5, 0.6) is 0 Å². The van der Waals surface area contributed by atoms with E-state index in [1.165, 1.54) is 29.2 Å². The van der Waals surface area contributed by atoms with Gasteiger partial charge in [-0.3, -0.25) is 14.4 Å². The second kappa shape index (κ2) is 10.9. The number of nitrogens with one attached hydrogen (secondary N) is 2. The monoisotopic (exact) mass is 489 g/mol. The number of carbonyl (C=O) groups is 3. The number of halogens is 3. The minimum atomic E-state index is -1.27. The van der Waals surface area contributed by atoms with Crippen LogP contribution in [0.25, 0.3) is 0 Å². The minimum absolute atomic E-state index is 0.0650. The molecule has 0 fully saturated rings. The summed E-state index contributed by atoms with van der Waals surface area (Å²) >= 11 is 0. The molecular weight excluding hydrogens is 459 g/mol. The molecule has 3 rings (SSSR count). The van der Waals surface area contributed by atoms with Crippen molar-refractivity contribution in [2.75, 3.05) is 11.9 Å². The molecular formula is C26H30F3N3O3. The number of hydrogen-bond acceptors (Lipinski definition) is 3. The molecule has 6 nitrogen and oxygen atoms in total. The van der Waals surface area contributed by atoms with Crippen molar-refractivity contribution in [3.63, 3.8) is 0 Å². The molecule has 0 saturated carbocycles. The van der Waals surface area contributed by atoms with Crippen LogP contribution in [0.15, 0.2) is 36.4 Å². The molecule has 0 spiro atoms. The molecule has 1 aliphatic rings. The quantitative estimate of drug-likeness (QED) is 0.607. The Bertz CT molecular complexity index is 1100. The molecule has 9 heteroatoms. The van der Waals surface area contributed by atoms with Gasteiger partial charge < -0.3 is 15.5 Å². The summed E-state index contributed by atoms with van der Waals surface area (Å²) in [6, 6.07) is 4.84. The summed E-state index contributed by atoms with van der Waals surface area (Å²) in [5, 5.41) is 5.04. The summed E-state index contributed by atoms with van der Waals surface area (Å²) in [7, 11) is 0. The van der Waals surface area contributed by atoms with E-state index in [0.717, 1.165) is 12.1 Å². The second-order valence-corrected chi connectivity index (χ2v) is 9.15. The number of carbonyl (C=O) groups excluding carboxylic acids is 3. The molecule has 3 amide bonds.